The number of hydrogen-bond acceptors (Lipinski definition) is 0. The van der Waals surface area contributed by atoms with E-state index < -0.39 is 0 Å². The molecule has 0 aromatic heterocycles. The Morgan fingerprint density at radius 2 is 1.25 bits per heavy atom. The molecule has 2 rings (SSSR count). The van der Waals surface area contributed by atoms with E-state index in [0.29, 0.717) is 5.92 Å². The van der Waals surface area contributed by atoms with E-state index in [9.17, 15) is 0 Å². The van der Waals surface area contributed by atoms with Crippen molar-refractivity contribution in [2.45, 2.75) is 52.4 Å². The van der Waals surface area contributed by atoms with Crippen LogP contribution in [-0.2, 0) is 11.8 Å². The van der Waals surface area contributed by atoms with Crippen LogP contribution in [0.1, 0.15) is 62.8 Å². The van der Waals surface area contributed by atoms with Crippen LogP contribution in [0.5, 0.6) is 0 Å². The lowest BCUT2D eigenvalue weighted by atomic mass is 9.85. The highest BCUT2D eigenvalue weighted by molar-refractivity contribution is 5.36. The van der Waals surface area contributed by atoms with Crippen LogP contribution in [0.3, 0.4) is 0 Å². The molecule has 0 amide bonds. The molecule has 1 unspecified atom stereocenters. The van der Waals surface area contributed by atoms with Crippen LogP contribution in [0.25, 0.3) is 0 Å². The van der Waals surface area contributed by atoms with Gasteiger partial charge in [-0.05, 0) is 34.1 Å². The van der Waals surface area contributed by atoms with Crippen molar-refractivity contribution >= 4 is 0 Å². The summed E-state index contributed by atoms with van der Waals surface area (Å²) >= 11 is 0. The molecule has 106 valence electrons. The number of aryl methyl sites for hydroxylation is 1. The number of hydrogen-bond donors (Lipinski definition) is 0. The lowest BCUT2D eigenvalue weighted by Gasteiger charge is -2.20. The SMILES string of the molecule is CCc1ccc(C(C)c2ccc(C(C)(C)C)cc2)cc1. The van der Waals surface area contributed by atoms with Gasteiger partial charge in [0.1, 0.15) is 0 Å². The molecule has 1 atom stereocenters. The molecule has 20 heavy (non-hydrogen) atoms. The third-order valence-corrected chi connectivity index (χ3v) is 4.16. The van der Waals surface area contributed by atoms with E-state index >= 15 is 0 Å². The van der Waals surface area contributed by atoms with Crippen LogP contribution in [0.15, 0.2) is 48.5 Å². The fourth-order valence-electron chi connectivity index (χ4n) is 2.51. The minimum atomic E-state index is 0.227. The fourth-order valence-corrected chi connectivity index (χ4v) is 2.51. The molecule has 0 spiro atoms. The minimum absolute atomic E-state index is 0.227. The maximum absolute atomic E-state index is 2.28. The van der Waals surface area contributed by atoms with Crippen molar-refractivity contribution in [3.63, 3.8) is 0 Å². The summed E-state index contributed by atoms with van der Waals surface area (Å²) in [5, 5.41) is 0. The van der Waals surface area contributed by atoms with E-state index in [2.05, 4.69) is 83.1 Å². The average molecular weight is 266 g/mol. The summed E-state index contributed by atoms with van der Waals surface area (Å²) in [6.07, 6.45) is 1.11. The van der Waals surface area contributed by atoms with Gasteiger partial charge in [-0.25, -0.2) is 0 Å². The third kappa shape index (κ3) is 3.30. The Balaban J connectivity index is 2.22. The van der Waals surface area contributed by atoms with Gasteiger partial charge in [-0.2, -0.15) is 0 Å². The summed E-state index contributed by atoms with van der Waals surface area (Å²) in [6, 6.07) is 18.1. The Kier molecular flexibility index (Phi) is 4.32. The molecule has 0 fully saturated rings. The first kappa shape index (κ1) is 14.8. The van der Waals surface area contributed by atoms with Gasteiger partial charge < -0.3 is 0 Å². The Morgan fingerprint density at radius 1 is 0.800 bits per heavy atom. The smallest absolute Gasteiger partial charge is 0.00610 e. The van der Waals surface area contributed by atoms with Crippen molar-refractivity contribution in [1.82, 2.24) is 0 Å². The molecule has 0 aliphatic carbocycles. The van der Waals surface area contributed by atoms with Crippen molar-refractivity contribution in [2.24, 2.45) is 0 Å². The van der Waals surface area contributed by atoms with Crippen molar-refractivity contribution < 1.29 is 0 Å². The highest BCUT2D eigenvalue weighted by atomic mass is 14.2. The molecule has 0 heteroatoms. The van der Waals surface area contributed by atoms with Crippen molar-refractivity contribution in [3.05, 3.63) is 70.8 Å². The van der Waals surface area contributed by atoms with Crippen LogP contribution in [0, 0.1) is 0 Å². The second-order valence-corrected chi connectivity index (χ2v) is 6.69. The van der Waals surface area contributed by atoms with Gasteiger partial charge in [0, 0.05) is 5.92 Å². The molecule has 2 aromatic rings. The summed E-state index contributed by atoms with van der Waals surface area (Å²) in [4.78, 5) is 0. The molecule has 0 saturated heterocycles. The van der Waals surface area contributed by atoms with Gasteiger partial charge in [0.15, 0.2) is 0 Å². The molecular formula is C20H26. The van der Waals surface area contributed by atoms with Crippen LogP contribution in [-0.4, -0.2) is 0 Å². The average Bonchev–Trinajstić information content (AvgIpc) is 2.46. The first-order valence-electron chi connectivity index (χ1n) is 7.61. The maximum Gasteiger partial charge on any atom is 0.00610 e. The van der Waals surface area contributed by atoms with Gasteiger partial charge in [0.2, 0.25) is 0 Å². The summed E-state index contributed by atoms with van der Waals surface area (Å²) in [7, 11) is 0. The zero-order valence-electron chi connectivity index (χ0n) is 13.4. The largest absolute Gasteiger partial charge is 0.0613 e. The highest BCUT2D eigenvalue weighted by Gasteiger charge is 2.14. The first-order chi connectivity index (χ1) is 9.41. The van der Waals surface area contributed by atoms with Gasteiger partial charge in [-0.15, -0.1) is 0 Å². The summed E-state index contributed by atoms with van der Waals surface area (Å²) in [5.41, 5.74) is 5.82. The molecule has 0 bridgehead atoms. The van der Waals surface area contributed by atoms with E-state index in [1.807, 2.05) is 0 Å². The van der Waals surface area contributed by atoms with Crippen molar-refractivity contribution in [2.75, 3.05) is 0 Å². The lowest BCUT2D eigenvalue weighted by Crippen LogP contribution is -2.11. The minimum Gasteiger partial charge on any atom is -0.0613 e. The molecular weight excluding hydrogens is 240 g/mol. The van der Waals surface area contributed by atoms with Gasteiger partial charge in [0.05, 0.1) is 0 Å². The van der Waals surface area contributed by atoms with Crippen molar-refractivity contribution in [1.29, 1.82) is 0 Å². The topological polar surface area (TPSA) is 0 Å². The number of rotatable bonds is 3. The maximum atomic E-state index is 2.28. The third-order valence-electron chi connectivity index (χ3n) is 4.16. The predicted octanol–water partition coefficient (Wildman–Crippen LogP) is 5.70. The molecule has 0 nitrogen and oxygen atoms in total. The van der Waals surface area contributed by atoms with Gasteiger partial charge in [-0.3, -0.25) is 0 Å². The molecule has 2 aromatic carbocycles. The normalized spacial score (nSPS) is 13.2. The van der Waals surface area contributed by atoms with E-state index in [0.717, 1.165) is 6.42 Å². The van der Waals surface area contributed by atoms with E-state index in [-0.39, 0.29) is 5.41 Å². The molecule has 0 saturated carbocycles. The van der Waals surface area contributed by atoms with E-state index in [1.165, 1.54) is 22.3 Å². The summed E-state index contributed by atoms with van der Waals surface area (Å²) in [6.45, 7) is 11.3. The van der Waals surface area contributed by atoms with E-state index in [1.54, 1.807) is 0 Å². The molecule has 0 N–H and O–H groups in total. The summed E-state index contributed by atoms with van der Waals surface area (Å²) < 4.78 is 0. The molecule has 0 heterocycles. The van der Waals surface area contributed by atoms with Crippen LogP contribution < -0.4 is 0 Å². The van der Waals surface area contributed by atoms with Gasteiger partial charge in [-0.1, -0.05) is 83.1 Å². The zero-order valence-corrected chi connectivity index (χ0v) is 13.4. The molecule has 0 radical (unpaired) electrons. The number of benzene rings is 2. The van der Waals surface area contributed by atoms with E-state index in [4.69, 9.17) is 0 Å². The van der Waals surface area contributed by atoms with Gasteiger partial charge in [0.25, 0.3) is 0 Å². The second-order valence-electron chi connectivity index (χ2n) is 6.69. The van der Waals surface area contributed by atoms with Crippen LogP contribution >= 0.6 is 0 Å². The lowest BCUT2D eigenvalue weighted by molar-refractivity contribution is 0.590. The zero-order chi connectivity index (χ0) is 14.8. The second kappa shape index (κ2) is 5.83. The monoisotopic (exact) mass is 266 g/mol. The Labute approximate surface area is 123 Å². The standard InChI is InChI=1S/C20H26/c1-6-16-7-9-17(10-8-16)15(2)18-11-13-19(14-12-18)20(3,4)5/h7-15H,6H2,1-5H3. The van der Waals surface area contributed by atoms with Crippen LogP contribution in [0.2, 0.25) is 0 Å². The van der Waals surface area contributed by atoms with Gasteiger partial charge >= 0.3 is 0 Å². The molecule has 0 aliphatic rings. The fraction of sp³-hybridized carbons (Fsp3) is 0.400. The quantitative estimate of drug-likeness (QED) is 0.668. The predicted molar refractivity (Wildman–Crippen MR) is 88.5 cm³/mol. The Morgan fingerprint density at radius 3 is 1.65 bits per heavy atom. The Bertz CT molecular complexity index is 538. The Hall–Kier alpha value is -1.56. The van der Waals surface area contributed by atoms with Crippen molar-refractivity contribution in [3.8, 4) is 0 Å². The summed E-state index contributed by atoms with van der Waals surface area (Å²) in [5.74, 6) is 0.454. The highest BCUT2D eigenvalue weighted by Crippen LogP contribution is 2.28. The molecule has 0 aliphatic heterocycles. The van der Waals surface area contributed by atoms with Crippen LogP contribution in [0.4, 0.5) is 0 Å². The first-order valence-corrected chi connectivity index (χ1v) is 7.61.